The zero-order chi connectivity index (χ0) is 9.68. The number of hydrogen-bond donors (Lipinski definition) is 2. The molecule has 2 atom stereocenters. The predicted molar refractivity (Wildman–Crippen MR) is 55.8 cm³/mol. The maximum absolute atomic E-state index is 9.36. The van der Waals surface area contributed by atoms with E-state index in [1.807, 2.05) is 6.92 Å². The van der Waals surface area contributed by atoms with Gasteiger partial charge in [-0.25, -0.2) is 0 Å². The van der Waals surface area contributed by atoms with Gasteiger partial charge in [0.15, 0.2) is 0 Å². The average molecular weight is 185 g/mol. The van der Waals surface area contributed by atoms with Crippen molar-refractivity contribution < 1.29 is 5.11 Å². The van der Waals surface area contributed by atoms with Crippen molar-refractivity contribution in [2.24, 2.45) is 0 Å². The Morgan fingerprint density at radius 1 is 1.08 bits per heavy atom. The first kappa shape index (κ1) is 11.0. The summed E-state index contributed by atoms with van der Waals surface area (Å²) in [7, 11) is 0. The van der Waals surface area contributed by atoms with Gasteiger partial charge >= 0.3 is 0 Å². The fourth-order valence-electron chi connectivity index (χ4n) is 1.96. The molecule has 0 aliphatic heterocycles. The molecule has 0 heterocycles. The second kappa shape index (κ2) is 5.61. The highest BCUT2D eigenvalue weighted by Gasteiger charge is 2.16. The number of rotatable bonds is 3. The topological polar surface area (TPSA) is 32.3 Å². The first-order chi connectivity index (χ1) is 6.20. The van der Waals surface area contributed by atoms with E-state index >= 15 is 0 Å². The Labute approximate surface area is 81.7 Å². The van der Waals surface area contributed by atoms with Crippen LogP contribution in [0.5, 0.6) is 0 Å². The normalized spacial score (nSPS) is 25.2. The third-order valence-corrected chi connectivity index (χ3v) is 3.08. The third-order valence-electron chi connectivity index (χ3n) is 3.08. The van der Waals surface area contributed by atoms with Crippen LogP contribution in [0.1, 0.15) is 52.4 Å². The monoisotopic (exact) mass is 185 g/mol. The van der Waals surface area contributed by atoms with Crippen molar-refractivity contribution in [3.05, 3.63) is 0 Å². The van der Waals surface area contributed by atoms with Gasteiger partial charge in [-0.2, -0.15) is 0 Å². The number of hydrogen-bond acceptors (Lipinski definition) is 2. The lowest BCUT2D eigenvalue weighted by molar-refractivity contribution is 0.144. The highest BCUT2D eigenvalue weighted by atomic mass is 16.3. The summed E-state index contributed by atoms with van der Waals surface area (Å²) in [5.74, 6) is 0. The van der Waals surface area contributed by atoms with E-state index < -0.39 is 0 Å². The van der Waals surface area contributed by atoms with Crippen molar-refractivity contribution in [3.8, 4) is 0 Å². The highest BCUT2D eigenvalue weighted by molar-refractivity contribution is 4.76. The van der Waals surface area contributed by atoms with Gasteiger partial charge in [0.2, 0.25) is 0 Å². The Morgan fingerprint density at radius 2 is 1.62 bits per heavy atom. The minimum atomic E-state index is -0.233. The number of nitrogens with one attached hydrogen (secondary N) is 1. The van der Waals surface area contributed by atoms with Crippen LogP contribution in [-0.4, -0.2) is 23.3 Å². The van der Waals surface area contributed by atoms with Crippen LogP contribution in [0, 0.1) is 0 Å². The molecule has 1 saturated carbocycles. The fourth-order valence-corrected chi connectivity index (χ4v) is 1.96. The molecule has 1 rings (SSSR count). The Morgan fingerprint density at radius 3 is 2.08 bits per heavy atom. The van der Waals surface area contributed by atoms with Crippen molar-refractivity contribution >= 4 is 0 Å². The maximum Gasteiger partial charge on any atom is 0.0662 e. The molecule has 2 N–H and O–H groups in total. The molecular formula is C11H23NO. The van der Waals surface area contributed by atoms with Crippen LogP contribution >= 0.6 is 0 Å². The molecule has 13 heavy (non-hydrogen) atoms. The van der Waals surface area contributed by atoms with Gasteiger partial charge in [-0.15, -0.1) is 0 Å². The average Bonchev–Trinajstić information content (AvgIpc) is 2.32. The van der Waals surface area contributed by atoms with Gasteiger partial charge in [-0.1, -0.05) is 25.7 Å². The van der Waals surface area contributed by atoms with E-state index in [-0.39, 0.29) is 12.1 Å². The molecule has 0 aromatic rings. The van der Waals surface area contributed by atoms with Crippen LogP contribution in [0.4, 0.5) is 0 Å². The van der Waals surface area contributed by atoms with Crippen molar-refractivity contribution in [1.82, 2.24) is 5.32 Å². The molecule has 1 fully saturated rings. The lowest BCUT2D eigenvalue weighted by Gasteiger charge is -2.23. The summed E-state index contributed by atoms with van der Waals surface area (Å²) < 4.78 is 0. The van der Waals surface area contributed by atoms with Gasteiger partial charge in [0, 0.05) is 12.1 Å². The second-order valence-electron chi connectivity index (χ2n) is 4.38. The molecule has 1 aliphatic carbocycles. The van der Waals surface area contributed by atoms with E-state index in [4.69, 9.17) is 0 Å². The van der Waals surface area contributed by atoms with Gasteiger partial charge in [-0.05, 0) is 26.7 Å². The number of aliphatic hydroxyl groups excluding tert-OH is 1. The van der Waals surface area contributed by atoms with Gasteiger partial charge in [0.1, 0.15) is 0 Å². The molecule has 0 saturated heterocycles. The van der Waals surface area contributed by atoms with E-state index in [2.05, 4.69) is 12.2 Å². The molecule has 0 aromatic heterocycles. The quantitative estimate of drug-likeness (QED) is 0.660. The Hall–Kier alpha value is -0.0800. The standard InChI is InChI=1S/C11H23NO/c1-9(10(2)13)12-11-7-5-3-4-6-8-11/h9-13H,3-8H2,1-2H3. The molecule has 2 heteroatoms. The molecule has 0 amide bonds. The van der Waals surface area contributed by atoms with Crippen molar-refractivity contribution in [1.29, 1.82) is 0 Å². The molecule has 0 aromatic carbocycles. The molecule has 1 aliphatic rings. The van der Waals surface area contributed by atoms with E-state index in [0.29, 0.717) is 6.04 Å². The van der Waals surface area contributed by atoms with E-state index in [0.717, 1.165) is 0 Å². The molecule has 2 nitrogen and oxygen atoms in total. The first-order valence-corrected chi connectivity index (χ1v) is 5.64. The predicted octanol–water partition coefficient (Wildman–Crippen LogP) is 2.07. The summed E-state index contributed by atoms with van der Waals surface area (Å²) in [5.41, 5.74) is 0. The molecule has 0 bridgehead atoms. The van der Waals surface area contributed by atoms with Crippen molar-refractivity contribution in [2.45, 2.75) is 70.6 Å². The van der Waals surface area contributed by atoms with Crippen LogP contribution in [0.2, 0.25) is 0 Å². The van der Waals surface area contributed by atoms with Crippen LogP contribution in [-0.2, 0) is 0 Å². The minimum absolute atomic E-state index is 0.233. The molecule has 0 radical (unpaired) electrons. The second-order valence-corrected chi connectivity index (χ2v) is 4.38. The summed E-state index contributed by atoms with van der Waals surface area (Å²) in [6, 6.07) is 0.884. The van der Waals surface area contributed by atoms with E-state index in [9.17, 15) is 5.11 Å². The van der Waals surface area contributed by atoms with Gasteiger partial charge in [-0.3, -0.25) is 0 Å². The zero-order valence-corrected chi connectivity index (χ0v) is 8.92. The van der Waals surface area contributed by atoms with Crippen LogP contribution in [0.3, 0.4) is 0 Å². The Balaban J connectivity index is 2.25. The Kier molecular flexibility index (Phi) is 4.74. The lowest BCUT2D eigenvalue weighted by atomic mass is 10.1. The van der Waals surface area contributed by atoms with E-state index in [1.165, 1.54) is 38.5 Å². The van der Waals surface area contributed by atoms with Gasteiger partial charge in [0.05, 0.1) is 6.10 Å². The summed E-state index contributed by atoms with van der Waals surface area (Å²) in [4.78, 5) is 0. The zero-order valence-electron chi connectivity index (χ0n) is 8.92. The summed E-state index contributed by atoms with van der Waals surface area (Å²) in [6.45, 7) is 3.92. The first-order valence-electron chi connectivity index (χ1n) is 5.64. The van der Waals surface area contributed by atoms with Crippen LogP contribution in [0.15, 0.2) is 0 Å². The summed E-state index contributed by atoms with van der Waals surface area (Å²) in [5, 5.41) is 12.9. The number of aliphatic hydroxyl groups is 1. The van der Waals surface area contributed by atoms with Gasteiger partial charge in [0.25, 0.3) is 0 Å². The lowest BCUT2D eigenvalue weighted by Crippen LogP contribution is -2.42. The summed E-state index contributed by atoms with van der Waals surface area (Å²) >= 11 is 0. The molecule has 78 valence electrons. The third kappa shape index (κ3) is 4.10. The van der Waals surface area contributed by atoms with E-state index in [1.54, 1.807) is 0 Å². The van der Waals surface area contributed by atoms with Crippen molar-refractivity contribution in [3.63, 3.8) is 0 Å². The Bertz CT molecular complexity index is 128. The minimum Gasteiger partial charge on any atom is -0.392 e. The van der Waals surface area contributed by atoms with Crippen LogP contribution in [0.25, 0.3) is 0 Å². The highest BCUT2D eigenvalue weighted by Crippen LogP contribution is 2.17. The maximum atomic E-state index is 9.36. The summed E-state index contributed by atoms with van der Waals surface area (Å²) in [6.07, 6.45) is 7.83. The smallest absolute Gasteiger partial charge is 0.0662 e. The van der Waals surface area contributed by atoms with Gasteiger partial charge < -0.3 is 10.4 Å². The molecule has 0 spiro atoms. The molecular weight excluding hydrogens is 162 g/mol. The van der Waals surface area contributed by atoms with Crippen LogP contribution < -0.4 is 5.32 Å². The largest absolute Gasteiger partial charge is 0.392 e. The molecule has 2 unspecified atom stereocenters. The van der Waals surface area contributed by atoms with Crippen molar-refractivity contribution in [2.75, 3.05) is 0 Å². The SMILES string of the molecule is CC(O)C(C)NC1CCCCCC1. The fraction of sp³-hybridized carbons (Fsp3) is 1.00.